The van der Waals surface area contributed by atoms with Crippen molar-refractivity contribution in [2.45, 2.75) is 12.5 Å². The van der Waals surface area contributed by atoms with Gasteiger partial charge in [-0.15, -0.1) is 0 Å². The number of carbonyl (C=O) groups excluding carboxylic acids is 1. The minimum Gasteiger partial charge on any atom is -0.497 e. The average Bonchev–Trinajstić information content (AvgIpc) is 3.05. The smallest absolute Gasteiger partial charge is 0.290 e. The highest BCUT2D eigenvalue weighted by atomic mass is 16.5. The maximum absolute atomic E-state index is 13.5. The maximum Gasteiger partial charge on any atom is 0.290 e. The average molecular weight is 422 g/mol. The molecule has 1 amide bonds. The van der Waals surface area contributed by atoms with E-state index in [1.165, 1.54) is 0 Å². The summed E-state index contributed by atoms with van der Waals surface area (Å²) in [7, 11) is 7.13. The van der Waals surface area contributed by atoms with E-state index in [1.807, 2.05) is 38.4 Å². The van der Waals surface area contributed by atoms with Crippen LogP contribution in [0.4, 0.5) is 0 Å². The lowest BCUT2D eigenvalue weighted by atomic mass is 9.98. The van der Waals surface area contributed by atoms with Gasteiger partial charge < -0.3 is 23.7 Å². The number of fused-ring (bicyclic) bond motifs is 2. The van der Waals surface area contributed by atoms with Gasteiger partial charge in [0.2, 0.25) is 5.76 Å². The van der Waals surface area contributed by atoms with Crippen LogP contribution < -0.4 is 14.9 Å². The number of hydrogen-bond donors (Lipinski definition) is 0. The second-order valence-electron chi connectivity index (χ2n) is 7.87. The van der Waals surface area contributed by atoms with Crippen LogP contribution in [-0.4, -0.2) is 57.1 Å². The van der Waals surface area contributed by atoms with Crippen molar-refractivity contribution in [3.63, 3.8) is 0 Å². The molecule has 1 atom stereocenters. The quantitative estimate of drug-likeness (QED) is 0.582. The van der Waals surface area contributed by atoms with E-state index in [0.29, 0.717) is 34.6 Å². The van der Waals surface area contributed by atoms with Crippen molar-refractivity contribution in [3.8, 4) is 11.5 Å². The summed E-state index contributed by atoms with van der Waals surface area (Å²) in [5, 5.41) is 0.431. The molecule has 0 N–H and O–H groups in total. The van der Waals surface area contributed by atoms with Gasteiger partial charge in [-0.3, -0.25) is 9.59 Å². The van der Waals surface area contributed by atoms with Crippen LogP contribution in [0.3, 0.4) is 0 Å². The highest BCUT2D eigenvalue weighted by Gasteiger charge is 2.42. The lowest BCUT2D eigenvalue weighted by Gasteiger charge is -2.25. The fourth-order valence-electron chi connectivity index (χ4n) is 4.05. The number of ether oxygens (including phenoxy) is 2. The summed E-state index contributed by atoms with van der Waals surface area (Å²) in [6, 6.07) is 12.0. The van der Waals surface area contributed by atoms with Gasteiger partial charge in [-0.25, -0.2) is 0 Å². The van der Waals surface area contributed by atoms with E-state index in [2.05, 4.69) is 4.90 Å². The molecule has 0 unspecified atom stereocenters. The second kappa shape index (κ2) is 8.43. The number of carbonyl (C=O) groups is 1. The molecule has 1 aliphatic rings. The van der Waals surface area contributed by atoms with Crippen LogP contribution in [0.2, 0.25) is 0 Å². The second-order valence-corrected chi connectivity index (χ2v) is 7.87. The van der Waals surface area contributed by atoms with Gasteiger partial charge in [0.1, 0.15) is 17.1 Å². The molecule has 2 heterocycles. The molecule has 2 aromatic carbocycles. The van der Waals surface area contributed by atoms with Crippen LogP contribution in [0, 0.1) is 0 Å². The Bertz CT molecular complexity index is 1170. The summed E-state index contributed by atoms with van der Waals surface area (Å²) >= 11 is 0. The van der Waals surface area contributed by atoms with Crippen LogP contribution in [0.5, 0.6) is 11.5 Å². The molecular weight excluding hydrogens is 396 g/mol. The first-order valence-electron chi connectivity index (χ1n) is 10.2. The monoisotopic (exact) mass is 422 g/mol. The Morgan fingerprint density at radius 2 is 1.68 bits per heavy atom. The zero-order valence-electron chi connectivity index (χ0n) is 18.2. The fourth-order valence-corrected chi connectivity index (χ4v) is 4.05. The highest BCUT2D eigenvalue weighted by molar-refractivity contribution is 5.99. The Hall–Kier alpha value is -3.32. The largest absolute Gasteiger partial charge is 0.497 e. The van der Waals surface area contributed by atoms with Crippen molar-refractivity contribution in [2.24, 2.45) is 0 Å². The number of benzene rings is 2. The van der Waals surface area contributed by atoms with Crippen LogP contribution in [0.15, 0.2) is 51.7 Å². The molecule has 0 bridgehead atoms. The topological polar surface area (TPSA) is 72.2 Å². The van der Waals surface area contributed by atoms with Gasteiger partial charge in [0.15, 0.2) is 5.43 Å². The van der Waals surface area contributed by atoms with Gasteiger partial charge in [0.05, 0.1) is 31.2 Å². The van der Waals surface area contributed by atoms with Crippen molar-refractivity contribution in [1.29, 1.82) is 0 Å². The summed E-state index contributed by atoms with van der Waals surface area (Å²) < 4.78 is 16.5. The van der Waals surface area contributed by atoms with Gasteiger partial charge in [-0.2, -0.15) is 0 Å². The Morgan fingerprint density at radius 3 is 2.32 bits per heavy atom. The standard InChI is InChI=1S/C24H26N2O5/c1-25(2)12-5-13-26-21(15-6-8-16(29-3)9-7-15)20-22(27)18-11-10-17(30-4)14-19(18)31-23(20)24(26)28/h6-11,14,21H,5,12-13H2,1-4H3/t21-/m1/s1. The molecular formula is C24H26N2O5. The maximum atomic E-state index is 13.5. The zero-order chi connectivity index (χ0) is 22.1. The van der Waals surface area contributed by atoms with Crippen LogP contribution in [0.1, 0.15) is 34.1 Å². The van der Waals surface area contributed by atoms with Crippen LogP contribution >= 0.6 is 0 Å². The van der Waals surface area contributed by atoms with Gasteiger partial charge in [0.25, 0.3) is 5.91 Å². The predicted octanol–water partition coefficient (Wildman–Crippen LogP) is 3.31. The Morgan fingerprint density at radius 1 is 1.00 bits per heavy atom. The minimum atomic E-state index is -0.502. The molecule has 0 spiro atoms. The zero-order valence-corrected chi connectivity index (χ0v) is 18.2. The minimum absolute atomic E-state index is 0.108. The molecule has 7 nitrogen and oxygen atoms in total. The molecule has 7 heteroatoms. The van der Waals surface area contributed by atoms with Crippen LogP contribution in [0.25, 0.3) is 11.0 Å². The Labute approximate surface area is 180 Å². The summed E-state index contributed by atoms with van der Waals surface area (Å²) in [6.45, 7) is 1.34. The molecule has 1 aliphatic heterocycles. The molecule has 0 fully saturated rings. The van der Waals surface area contributed by atoms with Crippen molar-refractivity contribution >= 4 is 16.9 Å². The van der Waals surface area contributed by atoms with Gasteiger partial charge >= 0.3 is 0 Å². The molecule has 0 saturated carbocycles. The lowest BCUT2D eigenvalue weighted by molar-refractivity contribution is 0.0722. The van der Waals surface area contributed by atoms with E-state index in [9.17, 15) is 9.59 Å². The normalized spacial score (nSPS) is 15.6. The van der Waals surface area contributed by atoms with Gasteiger partial charge in [0, 0.05) is 12.6 Å². The molecule has 3 aromatic rings. The van der Waals surface area contributed by atoms with E-state index >= 15 is 0 Å². The van der Waals surface area contributed by atoms with Crippen molar-refractivity contribution in [1.82, 2.24) is 9.80 Å². The third-order valence-corrected chi connectivity index (χ3v) is 5.61. The first-order valence-corrected chi connectivity index (χ1v) is 10.2. The number of rotatable bonds is 7. The summed E-state index contributed by atoms with van der Waals surface area (Å²) in [4.78, 5) is 30.6. The van der Waals surface area contributed by atoms with E-state index in [4.69, 9.17) is 13.9 Å². The van der Waals surface area contributed by atoms with Gasteiger partial charge in [-0.05, 0) is 56.9 Å². The van der Waals surface area contributed by atoms with Crippen molar-refractivity contribution in [3.05, 3.63) is 69.6 Å². The van der Waals surface area contributed by atoms with Crippen molar-refractivity contribution < 1.29 is 18.7 Å². The van der Waals surface area contributed by atoms with E-state index in [-0.39, 0.29) is 17.1 Å². The van der Waals surface area contributed by atoms with Gasteiger partial charge in [-0.1, -0.05) is 12.1 Å². The van der Waals surface area contributed by atoms with E-state index in [1.54, 1.807) is 37.3 Å². The highest BCUT2D eigenvalue weighted by Crippen LogP contribution is 2.39. The third-order valence-electron chi connectivity index (χ3n) is 5.61. The third kappa shape index (κ3) is 3.77. The van der Waals surface area contributed by atoms with E-state index in [0.717, 1.165) is 18.5 Å². The molecule has 0 radical (unpaired) electrons. The Kier molecular flexibility index (Phi) is 5.69. The van der Waals surface area contributed by atoms with Crippen LogP contribution in [-0.2, 0) is 0 Å². The summed E-state index contributed by atoms with van der Waals surface area (Å²) in [5.74, 6) is 1.12. The van der Waals surface area contributed by atoms with E-state index < -0.39 is 6.04 Å². The first-order chi connectivity index (χ1) is 14.9. The summed E-state index contributed by atoms with van der Waals surface area (Å²) in [5.41, 5.74) is 1.39. The molecule has 0 saturated heterocycles. The molecule has 4 rings (SSSR count). The number of methoxy groups -OCH3 is 2. The molecule has 1 aromatic heterocycles. The number of amides is 1. The molecule has 0 aliphatic carbocycles. The number of nitrogens with zero attached hydrogens (tertiary/aromatic N) is 2. The number of hydrogen-bond acceptors (Lipinski definition) is 6. The SMILES string of the molecule is COc1ccc([C@@H]2c3c(oc4cc(OC)ccc4c3=O)C(=O)N2CCCN(C)C)cc1. The molecule has 162 valence electrons. The predicted molar refractivity (Wildman–Crippen MR) is 118 cm³/mol. The fraction of sp³-hybridized carbons (Fsp3) is 0.333. The Balaban J connectivity index is 1.86. The summed E-state index contributed by atoms with van der Waals surface area (Å²) in [6.07, 6.45) is 0.779. The lowest BCUT2D eigenvalue weighted by Crippen LogP contribution is -2.32. The van der Waals surface area contributed by atoms with Crippen molar-refractivity contribution in [2.75, 3.05) is 41.4 Å². The molecule has 31 heavy (non-hydrogen) atoms. The first kappa shape index (κ1) is 20.9.